The van der Waals surface area contributed by atoms with Crippen molar-refractivity contribution in [3.63, 3.8) is 0 Å². The number of fused-ring (bicyclic) bond motifs is 2. The zero-order valence-electron chi connectivity index (χ0n) is 34.3. The Bertz CT molecular complexity index is 2300. The van der Waals surface area contributed by atoms with Gasteiger partial charge in [-0.05, 0) is 127 Å². The van der Waals surface area contributed by atoms with Crippen LogP contribution in [0.2, 0.25) is 10.0 Å². The number of aromatic nitrogens is 1. The van der Waals surface area contributed by atoms with Crippen LogP contribution in [-0.2, 0) is 29.0 Å². The molecule has 3 heterocycles. The predicted octanol–water partition coefficient (Wildman–Crippen LogP) is 10.1. The molecule has 0 unspecified atom stereocenters. The first kappa shape index (κ1) is 42.0. The minimum atomic E-state index is -1.07. The Balaban J connectivity index is 1.04. The van der Waals surface area contributed by atoms with Crippen molar-refractivity contribution >= 4 is 40.8 Å². The van der Waals surface area contributed by atoms with E-state index in [2.05, 4.69) is 65.3 Å². The summed E-state index contributed by atoms with van der Waals surface area (Å²) in [5.74, 6) is 0.239. The lowest BCUT2D eigenvalue weighted by Crippen LogP contribution is -2.54. The maximum Gasteiger partial charge on any atom is 0.326 e. The van der Waals surface area contributed by atoms with Gasteiger partial charge in [-0.2, -0.15) is 0 Å². The molecule has 0 fully saturated rings. The number of aryl methyl sites for hydroxylation is 1. The first-order valence-electron chi connectivity index (χ1n) is 20.5. The highest BCUT2D eigenvalue weighted by Gasteiger charge is 2.35. The van der Waals surface area contributed by atoms with Gasteiger partial charge in [-0.15, -0.1) is 0 Å². The van der Waals surface area contributed by atoms with Gasteiger partial charge in [0.05, 0.1) is 21.8 Å². The predicted molar refractivity (Wildman–Crippen MR) is 235 cm³/mol. The van der Waals surface area contributed by atoms with E-state index in [9.17, 15) is 14.7 Å². The molecular formula is C48H52Cl2N4O5. The summed E-state index contributed by atoms with van der Waals surface area (Å²) >= 11 is 12.4. The molecule has 0 saturated heterocycles. The maximum atomic E-state index is 14.0. The first-order valence-corrected chi connectivity index (χ1v) is 21.2. The van der Waals surface area contributed by atoms with Crippen LogP contribution in [0.3, 0.4) is 0 Å². The van der Waals surface area contributed by atoms with Gasteiger partial charge >= 0.3 is 5.97 Å². The molecular weight excluding hydrogens is 783 g/mol. The Labute approximate surface area is 357 Å². The van der Waals surface area contributed by atoms with Crippen LogP contribution in [0.25, 0.3) is 11.1 Å². The fourth-order valence-corrected chi connectivity index (χ4v) is 8.52. The third-order valence-electron chi connectivity index (χ3n) is 11.7. The van der Waals surface area contributed by atoms with Crippen molar-refractivity contribution in [3.8, 4) is 22.6 Å². The number of hydrogen-bond acceptors (Lipinski definition) is 7. The molecule has 9 nitrogen and oxygen atoms in total. The van der Waals surface area contributed by atoms with Crippen LogP contribution in [0.1, 0.15) is 84.4 Å². The molecule has 4 atom stereocenters. The molecule has 0 bridgehead atoms. The quantitative estimate of drug-likeness (QED) is 0.121. The highest BCUT2D eigenvalue weighted by atomic mass is 35.5. The number of amides is 1. The van der Waals surface area contributed by atoms with E-state index in [0.717, 1.165) is 93.2 Å². The number of carbonyl (C=O) groups excluding carboxylic acids is 1. The van der Waals surface area contributed by atoms with Gasteiger partial charge in [0.1, 0.15) is 29.7 Å². The summed E-state index contributed by atoms with van der Waals surface area (Å²) in [6.45, 7) is 10.2. The standard InChI is InChI=1S/C48H52Cl2N4O5/c1-6-21-54-28-36-27-46-42(53(5)22-19-45(59-46)33-12-15-37(16-13-33)58-44(7-2)34-14-17-39(49)40(50)24-34)25-35(36)26-43(54)47(55)52-41(48(56)57)23-31-8-10-32(11-9-31)38-18-20-51-30(4)29(38)3/h8-18,20,24-25,27,41,43-45H,6-7,19,21-23,26,28H2,1-5H3,(H,52,55)(H,56,57)/t41-,43-,44+,45+/m0/s1. The minimum absolute atomic E-state index is 0.162. The number of carbonyl (C=O) groups is 2. The molecule has 2 aliphatic rings. The Kier molecular flexibility index (Phi) is 13.1. The first-order chi connectivity index (χ1) is 28.4. The molecule has 0 spiro atoms. The molecule has 4 aromatic carbocycles. The molecule has 7 rings (SSSR count). The van der Waals surface area contributed by atoms with Gasteiger partial charge in [-0.1, -0.05) is 79.5 Å². The Hall–Kier alpha value is -5.09. The number of carboxylic acid groups (broad SMARTS) is 1. The van der Waals surface area contributed by atoms with Crippen molar-refractivity contribution in [3.05, 3.63) is 140 Å². The smallest absolute Gasteiger partial charge is 0.326 e. The second kappa shape index (κ2) is 18.4. The van der Waals surface area contributed by atoms with Gasteiger partial charge in [0.15, 0.2) is 0 Å². The van der Waals surface area contributed by atoms with Crippen molar-refractivity contribution in [2.24, 2.45) is 0 Å². The molecule has 308 valence electrons. The Morgan fingerprint density at radius 1 is 0.966 bits per heavy atom. The zero-order chi connectivity index (χ0) is 41.8. The van der Waals surface area contributed by atoms with Gasteiger partial charge in [-0.25, -0.2) is 4.79 Å². The molecule has 5 aromatic rings. The topological polar surface area (TPSA) is 104 Å². The lowest BCUT2D eigenvalue weighted by Gasteiger charge is -2.37. The van der Waals surface area contributed by atoms with Crippen molar-refractivity contribution < 1.29 is 24.2 Å². The largest absolute Gasteiger partial charge is 0.486 e. The number of anilines is 1. The summed E-state index contributed by atoms with van der Waals surface area (Å²) in [4.78, 5) is 35.3. The fraction of sp³-hybridized carbons (Fsp3) is 0.354. The highest BCUT2D eigenvalue weighted by molar-refractivity contribution is 6.42. The second-order valence-corrected chi connectivity index (χ2v) is 16.5. The monoisotopic (exact) mass is 834 g/mol. The number of rotatable bonds is 13. The molecule has 2 N–H and O–H groups in total. The molecule has 59 heavy (non-hydrogen) atoms. The normalized spacial score (nSPS) is 17.5. The van der Waals surface area contributed by atoms with Gasteiger partial charge in [0.25, 0.3) is 0 Å². The Morgan fingerprint density at radius 3 is 2.42 bits per heavy atom. The van der Waals surface area contributed by atoms with Gasteiger partial charge in [0.2, 0.25) is 5.91 Å². The van der Waals surface area contributed by atoms with E-state index in [0.29, 0.717) is 29.6 Å². The minimum Gasteiger partial charge on any atom is -0.486 e. The molecule has 11 heteroatoms. The average Bonchev–Trinajstić information content (AvgIpc) is 3.39. The Morgan fingerprint density at radius 2 is 1.73 bits per heavy atom. The summed E-state index contributed by atoms with van der Waals surface area (Å²) < 4.78 is 13.2. The molecule has 0 radical (unpaired) electrons. The van der Waals surface area contributed by atoms with E-state index in [1.165, 1.54) is 0 Å². The van der Waals surface area contributed by atoms with Crippen LogP contribution in [0.5, 0.6) is 11.5 Å². The van der Waals surface area contributed by atoms with Crippen molar-refractivity contribution in [1.82, 2.24) is 15.2 Å². The average molecular weight is 836 g/mol. The number of aliphatic carboxylic acids is 1. The third-order valence-corrected chi connectivity index (χ3v) is 12.5. The number of nitrogens with one attached hydrogen (secondary N) is 1. The van der Waals surface area contributed by atoms with Crippen molar-refractivity contribution in [2.75, 3.05) is 25.0 Å². The zero-order valence-corrected chi connectivity index (χ0v) is 35.8. The summed E-state index contributed by atoms with van der Waals surface area (Å²) in [6.07, 6.45) is 4.53. The number of nitrogens with zero attached hydrogens (tertiary/aromatic N) is 3. The van der Waals surface area contributed by atoms with Crippen LogP contribution in [0.4, 0.5) is 5.69 Å². The van der Waals surface area contributed by atoms with Crippen molar-refractivity contribution in [2.45, 2.75) is 90.6 Å². The van der Waals surface area contributed by atoms with E-state index in [1.54, 1.807) is 12.3 Å². The molecule has 0 aliphatic carbocycles. The molecule has 2 aliphatic heterocycles. The summed E-state index contributed by atoms with van der Waals surface area (Å²) in [7, 11) is 2.07. The van der Waals surface area contributed by atoms with Crippen LogP contribution >= 0.6 is 23.2 Å². The number of benzene rings is 4. The fourth-order valence-electron chi connectivity index (χ4n) is 8.21. The van der Waals surface area contributed by atoms with Crippen LogP contribution in [0, 0.1) is 13.8 Å². The molecule has 1 amide bonds. The number of hydrogen-bond donors (Lipinski definition) is 2. The SMILES string of the molecule is CCCN1Cc2cc3c(cc2C[C@H]1C(=O)N[C@@H](Cc1ccc(-c2ccnc(C)c2C)cc1)C(=O)O)N(C)CC[C@H](c1ccc(O[C@H](CC)c2ccc(Cl)c(Cl)c2)cc1)O3. The number of carboxylic acids is 1. The van der Waals surface area contributed by atoms with Crippen LogP contribution in [0.15, 0.2) is 91.1 Å². The van der Waals surface area contributed by atoms with Gasteiger partial charge < -0.3 is 24.8 Å². The second-order valence-electron chi connectivity index (χ2n) is 15.7. The van der Waals surface area contributed by atoms with E-state index in [4.69, 9.17) is 32.7 Å². The van der Waals surface area contributed by atoms with Crippen LogP contribution in [-0.4, -0.2) is 59.1 Å². The van der Waals surface area contributed by atoms with E-state index in [1.807, 2.05) is 68.4 Å². The third kappa shape index (κ3) is 9.54. The lowest BCUT2D eigenvalue weighted by atomic mass is 9.91. The summed E-state index contributed by atoms with van der Waals surface area (Å²) in [5, 5.41) is 14.2. The van der Waals surface area contributed by atoms with E-state index >= 15 is 0 Å². The number of pyridine rings is 1. The maximum absolute atomic E-state index is 14.0. The number of ether oxygens (including phenoxy) is 2. The van der Waals surface area contributed by atoms with Gasteiger partial charge in [0, 0.05) is 44.9 Å². The number of halogens is 2. The highest BCUT2D eigenvalue weighted by Crippen LogP contribution is 2.41. The molecule has 0 saturated carbocycles. The van der Waals surface area contributed by atoms with Gasteiger partial charge in [-0.3, -0.25) is 14.7 Å². The summed E-state index contributed by atoms with van der Waals surface area (Å²) in [6, 6.07) is 26.3. The lowest BCUT2D eigenvalue weighted by molar-refractivity contribution is -0.142. The van der Waals surface area contributed by atoms with E-state index in [-0.39, 0.29) is 24.5 Å². The summed E-state index contributed by atoms with van der Waals surface area (Å²) in [5.41, 5.74) is 10.2. The molecule has 1 aromatic heterocycles. The van der Waals surface area contributed by atoms with Crippen molar-refractivity contribution in [1.29, 1.82) is 0 Å². The van der Waals surface area contributed by atoms with Crippen LogP contribution < -0.4 is 19.7 Å². The van der Waals surface area contributed by atoms with E-state index < -0.39 is 18.1 Å².